The molecule has 1 amide bonds. The first kappa shape index (κ1) is 19.8. The Morgan fingerprint density at radius 1 is 1.35 bits per heavy atom. The van der Waals surface area contributed by atoms with Gasteiger partial charge in [0.15, 0.2) is 0 Å². The molecule has 26 heavy (non-hydrogen) atoms. The summed E-state index contributed by atoms with van der Waals surface area (Å²) in [6, 6.07) is 8.89. The summed E-state index contributed by atoms with van der Waals surface area (Å²) in [6.07, 6.45) is 3.04. The smallest absolute Gasteiger partial charge is 0.274 e. The first-order valence-electron chi connectivity index (χ1n) is 7.22. The monoisotopic (exact) mass is 479 g/mol. The highest BCUT2D eigenvalue weighted by atomic mass is 79.9. The van der Waals surface area contributed by atoms with Crippen LogP contribution in [0.5, 0.6) is 5.75 Å². The topological polar surface area (TPSA) is 74.5 Å². The lowest BCUT2D eigenvalue weighted by Crippen LogP contribution is -2.19. The molecule has 0 bridgehead atoms. The van der Waals surface area contributed by atoms with Gasteiger partial charge in [0.1, 0.15) is 18.2 Å². The lowest BCUT2D eigenvalue weighted by atomic mass is 10.1. The second kappa shape index (κ2) is 9.27. The summed E-state index contributed by atoms with van der Waals surface area (Å²) in [4.78, 5) is 12.0. The second-order valence-corrected chi connectivity index (χ2v) is 6.63. The van der Waals surface area contributed by atoms with Crippen LogP contribution in [0.2, 0.25) is 0 Å². The van der Waals surface area contributed by atoms with Crippen molar-refractivity contribution in [2.45, 2.75) is 0 Å². The van der Waals surface area contributed by atoms with Gasteiger partial charge < -0.3 is 4.74 Å². The number of halogens is 3. The molecule has 8 heteroatoms. The quantitative estimate of drug-likeness (QED) is 0.374. The summed E-state index contributed by atoms with van der Waals surface area (Å²) in [5.41, 5.74) is 2.86. The zero-order chi connectivity index (χ0) is 19.1. The van der Waals surface area contributed by atoms with E-state index in [4.69, 9.17) is 10.00 Å². The number of hydrogen-bond acceptors (Lipinski definition) is 4. The number of hydrazone groups is 1. The van der Waals surface area contributed by atoms with Crippen LogP contribution in [0, 0.1) is 17.1 Å². The number of amides is 1. The molecule has 5 nitrogen and oxygen atoms in total. The number of carbonyl (C=O) groups excluding carboxylic acids is 1. The van der Waals surface area contributed by atoms with Crippen molar-refractivity contribution in [3.8, 4) is 11.8 Å². The van der Waals surface area contributed by atoms with Gasteiger partial charge in [-0.25, -0.2) is 9.82 Å². The fourth-order valence-corrected chi connectivity index (χ4v) is 3.38. The molecule has 2 aromatic rings. The molecule has 0 aromatic heterocycles. The average Bonchev–Trinajstić information content (AvgIpc) is 2.60. The molecule has 0 saturated heterocycles. The Morgan fingerprint density at radius 3 is 2.62 bits per heavy atom. The van der Waals surface area contributed by atoms with E-state index in [2.05, 4.69) is 49.0 Å². The highest BCUT2D eigenvalue weighted by Gasteiger charge is 2.12. The molecular weight excluding hydrogens is 469 g/mol. The third-order valence-electron chi connectivity index (χ3n) is 3.09. The Labute approximate surface area is 166 Å². The van der Waals surface area contributed by atoms with E-state index in [9.17, 15) is 9.18 Å². The number of rotatable bonds is 6. The third kappa shape index (κ3) is 5.00. The van der Waals surface area contributed by atoms with E-state index >= 15 is 0 Å². The van der Waals surface area contributed by atoms with Crippen LogP contribution < -0.4 is 10.2 Å². The van der Waals surface area contributed by atoms with Gasteiger partial charge in [0.25, 0.3) is 5.91 Å². The SMILES string of the molecule is C=CCOc1c(Br)cc(/C=N/NC(=O)c2ccc(C#N)cc2F)cc1Br. The summed E-state index contributed by atoms with van der Waals surface area (Å²) in [7, 11) is 0. The van der Waals surface area contributed by atoms with E-state index in [-0.39, 0.29) is 11.1 Å². The van der Waals surface area contributed by atoms with Gasteiger partial charge in [-0.05, 0) is 67.8 Å². The number of benzene rings is 2. The van der Waals surface area contributed by atoms with Crippen LogP contribution >= 0.6 is 31.9 Å². The van der Waals surface area contributed by atoms with E-state index in [1.54, 1.807) is 24.3 Å². The summed E-state index contributed by atoms with van der Waals surface area (Å²) in [6.45, 7) is 3.95. The highest BCUT2D eigenvalue weighted by Crippen LogP contribution is 2.34. The van der Waals surface area contributed by atoms with Crippen LogP contribution in [-0.2, 0) is 0 Å². The largest absolute Gasteiger partial charge is 0.487 e. The van der Waals surface area contributed by atoms with Crippen LogP contribution in [0.3, 0.4) is 0 Å². The van der Waals surface area contributed by atoms with Crippen molar-refractivity contribution in [1.82, 2.24) is 5.43 Å². The molecule has 1 N–H and O–H groups in total. The molecule has 0 saturated carbocycles. The Kier molecular flexibility index (Phi) is 7.06. The number of nitrogens with one attached hydrogen (secondary N) is 1. The van der Waals surface area contributed by atoms with Gasteiger partial charge in [-0.15, -0.1) is 0 Å². The van der Waals surface area contributed by atoms with E-state index in [1.165, 1.54) is 18.3 Å². The lowest BCUT2D eigenvalue weighted by molar-refractivity contribution is 0.0951. The van der Waals surface area contributed by atoms with Crippen LogP contribution in [-0.4, -0.2) is 18.7 Å². The van der Waals surface area contributed by atoms with Crippen molar-refractivity contribution in [2.75, 3.05) is 6.61 Å². The number of hydrogen-bond donors (Lipinski definition) is 1. The van der Waals surface area contributed by atoms with Gasteiger partial charge in [0.05, 0.1) is 32.4 Å². The van der Waals surface area contributed by atoms with Crippen molar-refractivity contribution in [1.29, 1.82) is 5.26 Å². The van der Waals surface area contributed by atoms with Crippen LogP contribution in [0.25, 0.3) is 0 Å². The molecule has 2 rings (SSSR count). The predicted molar refractivity (Wildman–Crippen MR) is 104 cm³/mol. The Morgan fingerprint density at radius 2 is 2.04 bits per heavy atom. The van der Waals surface area contributed by atoms with Gasteiger partial charge in [-0.1, -0.05) is 12.7 Å². The maximum Gasteiger partial charge on any atom is 0.274 e. The summed E-state index contributed by atoms with van der Waals surface area (Å²) >= 11 is 6.79. The van der Waals surface area contributed by atoms with E-state index in [1.807, 2.05) is 0 Å². The lowest BCUT2D eigenvalue weighted by Gasteiger charge is -2.09. The molecule has 0 aliphatic carbocycles. The van der Waals surface area contributed by atoms with E-state index < -0.39 is 11.7 Å². The molecule has 132 valence electrons. The number of ether oxygens (including phenoxy) is 1. The molecular formula is C18H12Br2FN3O2. The van der Waals surface area contributed by atoms with Crippen LogP contribution in [0.1, 0.15) is 21.5 Å². The van der Waals surface area contributed by atoms with Crippen molar-refractivity contribution < 1.29 is 13.9 Å². The van der Waals surface area contributed by atoms with E-state index in [0.717, 1.165) is 6.07 Å². The number of carbonyl (C=O) groups is 1. The Hall–Kier alpha value is -2.50. The molecule has 0 aliphatic rings. The van der Waals surface area contributed by atoms with Crippen LogP contribution in [0.4, 0.5) is 4.39 Å². The minimum Gasteiger partial charge on any atom is -0.487 e. The standard InChI is InChI=1S/C18H12Br2FN3O2/c1-2-5-26-17-14(19)6-12(7-15(17)20)10-23-24-18(25)13-4-3-11(9-22)8-16(13)21/h2-4,6-8,10H,1,5H2,(H,24,25)/b23-10+. The summed E-state index contributed by atoms with van der Waals surface area (Å²) in [5, 5.41) is 12.5. The highest BCUT2D eigenvalue weighted by molar-refractivity contribution is 9.11. The van der Waals surface area contributed by atoms with Gasteiger partial charge in [0, 0.05) is 0 Å². The first-order chi connectivity index (χ1) is 12.5. The van der Waals surface area contributed by atoms with E-state index in [0.29, 0.717) is 26.9 Å². The average molecular weight is 481 g/mol. The fourth-order valence-electron chi connectivity index (χ4n) is 1.93. The molecule has 0 aliphatic heterocycles. The second-order valence-electron chi connectivity index (χ2n) is 4.92. The predicted octanol–water partition coefficient (Wildman–Crippen LogP) is 4.55. The summed E-state index contributed by atoms with van der Waals surface area (Å²) < 4.78 is 20.7. The third-order valence-corrected chi connectivity index (χ3v) is 4.27. The van der Waals surface area contributed by atoms with Gasteiger partial charge in [-0.3, -0.25) is 4.79 Å². The molecule has 0 unspecified atom stereocenters. The molecule has 2 aromatic carbocycles. The van der Waals surface area contributed by atoms with Gasteiger partial charge >= 0.3 is 0 Å². The number of nitriles is 1. The maximum absolute atomic E-state index is 13.8. The molecule has 0 fully saturated rings. The minimum absolute atomic E-state index is 0.135. The number of nitrogens with zero attached hydrogens (tertiary/aromatic N) is 2. The molecule has 0 spiro atoms. The maximum atomic E-state index is 13.8. The summed E-state index contributed by atoms with van der Waals surface area (Å²) in [5.74, 6) is -0.885. The fraction of sp³-hybridized carbons (Fsp3) is 0.0556. The first-order valence-corrected chi connectivity index (χ1v) is 8.80. The van der Waals surface area contributed by atoms with Crippen LogP contribution in [0.15, 0.2) is 57.0 Å². The van der Waals surface area contributed by atoms with Crippen molar-refractivity contribution in [2.24, 2.45) is 5.10 Å². The Balaban J connectivity index is 2.10. The normalized spacial score (nSPS) is 10.4. The van der Waals surface area contributed by atoms with Crippen molar-refractivity contribution >= 4 is 44.0 Å². The minimum atomic E-state index is -0.786. The zero-order valence-corrected chi connectivity index (χ0v) is 16.5. The van der Waals surface area contributed by atoms with Crippen molar-refractivity contribution in [3.63, 3.8) is 0 Å². The van der Waals surface area contributed by atoms with Crippen molar-refractivity contribution in [3.05, 3.63) is 74.4 Å². The van der Waals surface area contributed by atoms with Gasteiger partial charge in [0.2, 0.25) is 0 Å². The molecule has 0 heterocycles. The molecule has 0 atom stereocenters. The molecule has 0 radical (unpaired) electrons. The zero-order valence-electron chi connectivity index (χ0n) is 13.3. The Bertz CT molecular complexity index is 900. The van der Waals surface area contributed by atoms with Gasteiger partial charge in [-0.2, -0.15) is 10.4 Å².